The van der Waals surface area contributed by atoms with Gasteiger partial charge in [0.1, 0.15) is 0 Å². The van der Waals surface area contributed by atoms with Crippen LogP contribution in [-0.4, -0.2) is 11.8 Å². The van der Waals surface area contributed by atoms with E-state index in [0.29, 0.717) is 5.92 Å². The average molecular weight is 225 g/mol. The summed E-state index contributed by atoms with van der Waals surface area (Å²) in [5.74, 6) is -2.11. The Morgan fingerprint density at radius 3 is 2.75 bits per heavy atom. The minimum absolute atomic E-state index is 0.0883. The van der Waals surface area contributed by atoms with Crippen molar-refractivity contribution in [2.45, 2.75) is 25.3 Å². The Kier molecular flexibility index (Phi) is 3.01. The lowest BCUT2D eigenvalue weighted by molar-refractivity contribution is 0.0966. The van der Waals surface area contributed by atoms with Gasteiger partial charge in [-0.2, -0.15) is 0 Å². The zero-order valence-electron chi connectivity index (χ0n) is 8.75. The van der Waals surface area contributed by atoms with Gasteiger partial charge < -0.3 is 5.73 Å². The van der Waals surface area contributed by atoms with Crippen LogP contribution in [0.4, 0.5) is 8.78 Å². The van der Waals surface area contributed by atoms with Gasteiger partial charge in [-0.15, -0.1) is 0 Å². The Morgan fingerprint density at radius 1 is 1.44 bits per heavy atom. The van der Waals surface area contributed by atoms with Crippen molar-refractivity contribution in [3.05, 3.63) is 35.4 Å². The lowest BCUT2D eigenvalue weighted by Gasteiger charge is -2.09. The van der Waals surface area contributed by atoms with E-state index >= 15 is 0 Å². The molecule has 0 bridgehead atoms. The van der Waals surface area contributed by atoms with E-state index in [-0.39, 0.29) is 18.0 Å². The van der Waals surface area contributed by atoms with Crippen molar-refractivity contribution in [1.29, 1.82) is 0 Å². The molecule has 1 atom stereocenters. The van der Waals surface area contributed by atoms with Crippen LogP contribution in [0.25, 0.3) is 0 Å². The lowest BCUT2D eigenvalue weighted by Crippen LogP contribution is -2.26. The van der Waals surface area contributed by atoms with Gasteiger partial charge in [-0.25, -0.2) is 8.78 Å². The van der Waals surface area contributed by atoms with Crippen LogP contribution in [0.3, 0.4) is 0 Å². The van der Waals surface area contributed by atoms with E-state index < -0.39 is 17.4 Å². The fourth-order valence-corrected chi connectivity index (χ4v) is 1.73. The van der Waals surface area contributed by atoms with E-state index in [9.17, 15) is 13.6 Å². The van der Waals surface area contributed by atoms with Crippen LogP contribution in [-0.2, 0) is 0 Å². The summed E-state index contributed by atoms with van der Waals surface area (Å²) in [5.41, 5.74) is 5.57. The van der Waals surface area contributed by atoms with Crippen molar-refractivity contribution in [3.63, 3.8) is 0 Å². The molecule has 1 aromatic carbocycles. The fraction of sp³-hybridized carbons (Fsp3) is 0.417. The number of carbonyl (C=O) groups is 1. The van der Waals surface area contributed by atoms with Crippen LogP contribution in [0.2, 0.25) is 0 Å². The number of Topliss-reactive ketones (excluding diaryl/α,β-unsaturated/α-hetero) is 1. The summed E-state index contributed by atoms with van der Waals surface area (Å²) >= 11 is 0. The summed E-state index contributed by atoms with van der Waals surface area (Å²) in [4.78, 5) is 11.7. The molecule has 0 saturated heterocycles. The van der Waals surface area contributed by atoms with Gasteiger partial charge in [-0.3, -0.25) is 4.79 Å². The van der Waals surface area contributed by atoms with Crippen LogP contribution >= 0.6 is 0 Å². The number of benzene rings is 1. The molecule has 0 heterocycles. The molecule has 1 aliphatic carbocycles. The molecule has 1 saturated carbocycles. The van der Waals surface area contributed by atoms with Gasteiger partial charge >= 0.3 is 0 Å². The molecule has 1 aromatic rings. The highest BCUT2D eigenvalue weighted by Crippen LogP contribution is 2.33. The van der Waals surface area contributed by atoms with Crippen molar-refractivity contribution in [3.8, 4) is 0 Å². The minimum atomic E-state index is -1.07. The van der Waals surface area contributed by atoms with Crippen molar-refractivity contribution >= 4 is 5.78 Å². The SMILES string of the molecule is NC(CC(=O)c1cccc(F)c1F)C1CC1. The van der Waals surface area contributed by atoms with Crippen LogP contribution in [0, 0.1) is 17.6 Å². The smallest absolute Gasteiger partial charge is 0.169 e. The van der Waals surface area contributed by atoms with E-state index in [0.717, 1.165) is 18.9 Å². The Bertz CT molecular complexity index is 415. The molecule has 0 aliphatic heterocycles. The fourth-order valence-electron chi connectivity index (χ4n) is 1.73. The highest BCUT2D eigenvalue weighted by Gasteiger charge is 2.30. The first-order chi connectivity index (χ1) is 7.59. The maximum atomic E-state index is 13.3. The van der Waals surface area contributed by atoms with Gasteiger partial charge in [0.25, 0.3) is 0 Å². The molecular weight excluding hydrogens is 212 g/mol. The second-order valence-electron chi connectivity index (χ2n) is 4.23. The van der Waals surface area contributed by atoms with E-state index in [1.807, 2.05) is 0 Å². The quantitative estimate of drug-likeness (QED) is 0.799. The predicted molar refractivity (Wildman–Crippen MR) is 56.0 cm³/mol. The molecule has 0 radical (unpaired) electrons. The molecule has 1 aliphatic rings. The molecule has 0 spiro atoms. The third kappa shape index (κ3) is 2.27. The van der Waals surface area contributed by atoms with Gasteiger partial charge in [-0.1, -0.05) is 6.07 Å². The Hall–Kier alpha value is -1.29. The summed E-state index contributed by atoms with van der Waals surface area (Å²) < 4.78 is 26.2. The molecule has 1 unspecified atom stereocenters. The summed E-state index contributed by atoms with van der Waals surface area (Å²) in [7, 11) is 0. The molecular formula is C12H13F2NO. The van der Waals surface area contributed by atoms with E-state index in [4.69, 9.17) is 5.73 Å². The highest BCUT2D eigenvalue weighted by molar-refractivity contribution is 5.96. The first kappa shape index (κ1) is 11.2. The van der Waals surface area contributed by atoms with Crippen molar-refractivity contribution in [2.24, 2.45) is 11.7 Å². The molecule has 0 amide bonds. The molecule has 16 heavy (non-hydrogen) atoms. The number of nitrogens with two attached hydrogens (primary N) is 1. The highest BCUT2D eigenvalue weighted by atomic mass is 19.2. The molecule has 1 fully saturated rings. The van der Waals surface area contributed by atoms with Gasteiger partial charge in [0, 0.05) is 12.5 Å². The molecule has 2 N–H and O–H groups in total. The van der Waals surface area contributed by atoms with Crippen LogP contribution < -0.4 is 5.73 Å². The van der Waals surface area contributed by atoms with E-state index in [2.05, 4.69) is 0 Å². The molecule has 86 valence electrons. The van der Waals surface area contributed by atoms with Crippen LogP contribution in [0.5, 0.6) is 0 Å². The normalized spacial score (nSPS) is 17.2. The maximum absolute atomic E-state index is 13.3. The zero-order valence-corrected chi connectivity index (χ0v) is 8.75. The van der Waals surface area contributed by atoms with Gasteiger partial charge in [-0.05, 0) is 30.9 Å². The summed E-state index contributed by atoms with van der Waals surface area (Å²) in [6.45, 7) is 0. The number of hydrogen-bond donors (Lipinski definition) is 1. The first-order valence-corrected chi connectivity index (χ1v) is 5.32. The number of rotatable bonds is 4. The molecule has 0 aromatic heterocycles. The van der Waals surface area contributed by atoms with Gasteiger partial charge in [0.15, 0.2) is 17.4 Å². The van der Waals surface area contributed by atoms with Crippen molar-refractivity contribution in [2.75, 3.05) is 0 Å². The Balaban J connectivity index is 2.10. The van der Waals surface area contributed by atoms with E-state index in [1.165, 1.54) is 12.1 Å². The maximum Gasteiger partial charge on any atom is 0.169 e. The number of hydrogen-bond acceptors (Lipinski definition) is 2. The van der Waals surface area contributed by atoms with Gasteiger partial charge in [0.05, 0.1) is 5.56 Å². The molecule has 2 nitrogen and oxygen atoms in total. The largest absolute Gasteiger partial charge is 0.327 e. The Labute approximate surface area is 92.4 Å². The summed E-state index contributed by atoms with van der Waals surface area (Å²) in [6.07, 6.45) is 2.14. The third-order valence-electron chi connectivity index (χ3n) is 2.90. The summed E-state index contributed by atoms with van der Waals surface area (Å²) in [5, 5.41) is 0. The van der Waals surface area contributed by atoms with E-state index in [1.54, 1.807) is 0 Å². The standard InChI is InChI=1S/C12H13F2NO/c13-9-3-1-2-8(12(9)14)11(16)6-10(15)7-4-5-7/h1-3,7,10H,4-6,15H2. The average Bonchev–Trinajstić information content (AvgIpc) is 3.05. The van der Waals surface area contributed by atoms with Crippen LogP contribution in [0.1, 0.15) is 29.6 Å². The monoisotopic (exact) mass is 225 g/mol. The Morgan fingerprint density at radius 2 is 2.12 bits per heavy atom. The third-order valence-corrected chi connectivity index (χ3v) is 2.90. The van der Waals surface area contributed by atoms with Gasteiger partial charge in [0.2, 0.25) is 0 Å². The zero-order chi connectivity index (χ0) is 11.7. The lowest BCUT2D eigenvalue weighted by atomic mass is 10.0. The van der Waals surface area contributed by atoms with Crippen LogP contribution in [0.15, 0.2) is 18.2 Å². The molecule has 2 rings (SSSR count). The van der Waals surface area contributed by atoms with Crippen molar-refractivity contribution in [1.82, 2.24) is 0 Å². The number of halogens is 2. The number of carbonyl (C=O) groups excluding carboxylic acids is 1. The predicted octanol–water partition coefficient (Wildman–Crippen LogP) is 2.27. The molecule has 4 heteroatoms. The second-order valence-corrected chi connectivity index (χ2v) is 4.23. The number of ketones is 1. The van der Waals surface area contributed by atoms with Crippen molar-refractivity contribution < 1.29 is 13.6 Å². The minimum Gasteiger partial charge on any atom is -0.327 e. The first-order valence-electron chi connectivity index (χ1n) is 5.32. The second kappa shape index (κ2) is 4.29. The topological polar surface area (TPSA) is 43.1 Å². The summed E-state index contributed by atoms with van der Waals surface area (Å²) in [6, 6.07) is 3.39.